The molecule has 4 aromatic rings. The summed E-state index contributed by atoms with van der Waals surface area (Å²) >= 11 is 0. The lowest BCUT2D eigenvalue weighted by atomic mass is 10.1. The molecule has 2 heterocycles. The van der Waals surface area contributed by atoms with Crippen molar-refractivity contribution in [2.75, 3.05) is 24.3 Å². The van der Waals surface area contributed by atoms with Gasteiger partial charge in [-0.2, -0.15) is 0 Å². The predicted molar refractivity (Wildman–Crippen MR) is 132 cm³/mol. The number of H-pyrrole nitrogens is 1. The first kappa shape index (κ1) is 22.8. The molecule has 3 N–H and O–H groups in total. The Balaban J connectivity index is 1.81. The number of rotatable bonds is 6. The number of nitrogens with two attached hydrogens (primary N) is 1. The largest absolute Gasteiger partial charge is 0.497 e. The van der Waals surface area contributed by atoms with Gasteiger partial charge in [-0.15, -0.1) is 0 Å². The standard InChI is InChI=1S/C25H25N5O4/c1-4-29(24(32)19-13-17-12-18(34-3)10-11-20(17)27-15(19)2)21-22(26)30(25(33)28-23(21)31)14-16-8-6-5-7-9-16/h5-13H,4,14,26H2,1-3H3,(H,28,31,33). The Labute approximate surface area is 195 Å². The number of carbonyl (C=O) groups excluding carboxylic acids is 1. The number of aryl methyl sites for hydroxylation is 1. The summed E-state index contributed by atoms with van der Waals surface area (Å²) in [4.78, 5) is 47.1. The molecule has 2 aromatic carbocycles. The lowest BCUT2D eigenvalue weighted by molar-refractivity contribution is 0.0987. The number of ether oxygens (including phenoxy) is 1. The second-order valence-corrected chi connectivity index (χ2v) is 7.79. The first-order chi connectivity index (χ1) is 16.3. The molecule has 34 heavy (non-hydrogen) atoms. The van der Waals surface area contributed by atoms with E-state index in [9.17, 15) is 14.4 Å². The molecule has 1 amide bonds. The summed E-state index contributed by atoms with van der Waals surface area (Å²) in [5, 5.41) is 0.722. The Bertz CT molecular complexity index is 1490. The summed E-state index contributed by atoms with van der Waals surface area (Å²) in [6.07, 6.45) is 0. The molecule has 0 aliphatic carbocycles. The fourth-order valence-corrected chi connectivity index (χ4v) is 3.90. The Morgan fingerprint density at radius 3 is 2.56 bits per heavy atom. The van der Waals surface area contributed by atoms with E-state index in [0.717, 1.165) is 10.9 Å². The van der Waals surface area contributed by atoms with Gasteiger partial charge in [-0.1, -0.05) is 30.3 Å². The molecule has 0 spiro atoms. The van der Waals surface area contributed by atoms with E-state index >= 15 is 0 Å². The number of nitrogens with one attached hydrogen (secondary N) is 1. The number of fused-ring (bicyclic) bond motifs is 1. The summed E-state index contributed by atoms with van der Waals surface area (Å²) in [6, 6.07) is 16.4. The quantitative estimate of drug-likeness (QED) is 0.457. The normalized spacial score (nSPS) is 10.9. The van der Waals surface area contributed by atoms with E-state index < -0.39 is 17.2 Å². The number of hydrogen-bond donors (Lipinski definition) is 2. The number of nitrogens with zero attached hydrogens (tertiary/aromatic N) is 3. The number of hydrogen-bond acceptors (Lipinski definition) is 6. The maximum atomic E-state index is 13.6. The van der Waals surface area contributed by atoms with Gasteiger partial charge in [0.05, 0.1) is 30.4 Å². The SMILES string of the molecule is CCN(C(=O)c1cc2cc(OC)ccc2nc1C)c1c(N)n(Cc2ccccc2)c(=O)[nH]c1=O. The summed E-state index contributed by atoms with van der Waals surface area (Å²) in [6.45, 7) is 3.77. The molecule has 174 valence electrons. The van der Waals surface area contributed by atoms with E-state index in [1.165, 1.54) is 9.47 Å². The van der Waals surface area contributed by atoms with Gasteiger partial charge < -0.3 is 15.4 Å². The molecule has 0 bridgehead atoms. The van der Waals surface area contributed by atoms with E-state index in [1.807, 2.05) is 36.4 Å². The van der Waals surface area contributed by atoms with Gasteiger partial charge in [0.2, 0.25) is 0 Å². The highest BCUT2D eigenvalue weighted by Gasteiger charge is 2.26. The highest BCUT2D eigenvalue weighted by atomic mass is 16.5. The van der Waals surface area contributed by atoms with Crippen LogP contribution < -0.4 is 26.6 Å². The van der Waals surface area contributed by atoms with Crippen LogP contribution in [0.4, 0.5) is 11.5 Å². The molecule has 0 aliphatic heterocycles. The van der Waals surface area contributed by atoms with Crippen molar-refractivity contribution in [3.8, 4) is 5.75 Å². The zero-order valence-electron chi connectivity index (χ0n) is 19.2. The van der Waals surface area contributed by atoms with Crippen molar-refractivity contribution in [2.45, 2.75) is 20.4 Å². The van der Waals surface area contributed by atoms with Gasteiger partial charge in [0.1, 0.15) is 11.6 Å². The predicted octanol–water partition coefficient (Wildman–Crippen LogP) is 2.70. The maximum Gasteiger partial charge on any atom is 0.330 e. The van der Waals surface area contributed by atoms with E-state index in [0.29, 0.717) is 22.5 Å². The third kappa shape index (κ3) is 4.15. The highest BCUT2D eigenvalue weighted by Crippen LogP contribution is 2.25. The average Bonchev–Trinajstić information content (AvgIpc) is 2.83. The third-order valence-electron chi connectivity index (χ3n) is 5.67. The Morgan fingerprint density at radius 2 is 1.88 bits per heavy atom. The molecule has 0 saturated heterocycles. The molecular weight excluding hydrogens is 434 g/mol. The lowest BCUT2D eigenvalue weighted by Crippen LogP contribution is -2.41. The van der Waals surface area contributed by atoms with Crippen molar-refractivity contribution in [1.82, 2.24) is 14.5 Å². The minimum atomic E-state index is -0.727. The fraction of sp³-hybridized carbons (Fsp3) is 0.200. The van der Waals surface area contributed by atoms with Crippen molar-refractivity contribution >= 4 is 28.3 Å². The van der Waals surface area contributed by atoms with Crippen LogP contribution in [0.15, 0.2) is 64.2 Å². The Morgan fingerprint density at radius 1 is 1.15 bits per heavy atom. The molecular formula is C25H25N5O4. The van der Waals surface area contributed by atoms with Crippen LogP contribution >= 0.6 is 0 Å². The molecule has 9 nitrogen and oxygen atoms in total. The van der Waals surface area contributed by atoms with Crippen LogP contribution in [-0.4, -0.2) is 34.1 Å². The van der Waals surface area contributed by atoms with Crippen LogP contribution in [0.3, 0.4) is 0 Å². The minimum Gasteiger partial charge on any atom is -0.497 e. The van der Waals surface area contributed by atoms with Gasteiger partial charge in [-0.3, -0.25) is 24.1 Å². The maximum absolute atomic E-state index is 13.6. The number of aromatic amines is 1. The molecule has 0 aliphatic rings. The second-order valence-electron chi connectivity index (χ2n) is 7.79. The zero-order chi connectivity index (χ0) is 24.4. The van der Waals surface area contributed by atoms with Gasteiger partial charge in [0.25, 0.3) is 11.5 Å². The van der Waals surface area contributed by atoms with Crippen molar-refractivity contribution in [3.63, 3.8) is 0 Å². The Kier molecular flexibility index (Phi) is 6.18. The van der Waals surface area contributed by atoms with Crippen LogP contribution in [0, 0.1) is 6.92 Å². The number of methoxy groups -OCH3 is 1. The van der Waals surface area contributed by atoms with Crippen molar-refractivity contribution in [1.29, 1.82) is 0 Å². The van der Waals surface area contributed by atoms with Crippen LogP contribution in [0.2, 0.25) is 0 Å². The number of amides is 1. The lowest BCUT2D eigenvalue weighted by Gasteiger charge is -2.24. The fourth-order valence-electron chi connectivity index (χ4n) is 3.90. The summed E-state index contributed by atoms with van der Waals surface area (Å²) < 4.78 is 6.53. The number of benzene rings is 2. The van der Waals surface area contributed by atoms with E-state index in [-0.39, 0.29) is 24.6 Å². The first-order valence-corrected chi connectivity index (χ1v) is 10.8. The van der Waals surface area contributed by atoms with E-state index in [2.05, 4.69) is 9.97 Å². The highest BCUT2D eigenvalue weighted by molar-refractivity contribution is 6.09. The van der Waals surface area contributed by atoms with Gasteiger partial charge in [0.15, 0.2) is 5.69 Å². The minimum absolute atomic E-state index is 0.0758. The molecule has 2 aromatic heterocycles. The number of nitrogen functional groups attached to an aromatic ring is 1. The molecule has 4 rings (SSSR count). The smallest absolute Gasteiger partial charge is 0.330 e. The summed E-state index contributed by atoms with van der Waals surface area (Å²) in [5.74, 6) is 0.109. The van der Waals surface area contributed by atoms with Crippen LogP contribution in [0.25, 0.3) is 10.9 Å². The monoisotopic (exact) mass is 459 g/mol. The molecule has 0 atom stereocenters. The molecule has 0 radical (unpaired) electrons. The van der Waals surface area contributed by atoms with Crippen LogP contribution in [0.1, 0.15) is 28.5 Å². The van der Waals surface area contributed by atoms with Crippen LogP contribution in [0.5, 0.6) is 5.75 Å². The third-order valence-corrected chi connectivity index (χ3v) is 5.67. The molecule has 0 unspecified atom stereocenters. The first-order valence-electron chi connectivity index (χ1n) is 10.8. The molecule has 0 fully saturated rings. The second kappa shape index (κ2) is 9.22. The average molecular weight is 460 g/mol. The van der Waals surface area contributed by atoms with Gasteiger partial charge in [0, 0.05) is 11.9 Å². The van der Waals surface area contributed by atoms with Gasteiger partial charge in [-0.05, 0) is 43.7 Å². The van der Waals surface area contributed by atoms with E-state index in [4.69, 9.17) is 10.5 Å². The number of pyridine rings is 1. The molecule has 0 saturated carbocycles. The summed E-state index contributed by atoms with van der Waals surface area (Å²) in [7, 11) is 1.56. The van der Waals surface area contributed by atoms with Gasteiger partial charge in [-0.25, -0.2) is 4.79 Å². The van der Waals surface area contributed by atoms with Crippen molar-refractivity contribution in [2.24, 2.45) is 0 Å². The van der Waals surface area contributed by atoms with Crippen LogP contribution in [-0.2, 0) is 6.54 Å². The van der Waals surface area contributed by atoms with Crippen molar-refractivity contribution in [3.05, 3.63) is 92.3 Å². The summed E-state index contributed by atoms with van der Waals surface area (Å²) in [5.41, 5.74) is 7.23. The Hall–Kier alpha value is -4.40. The van der Waals surface area contributed by atoms with E-state index in [1.54, 1.807) is 39.2 Å². The number of aromatic nitrogens is 3. The van der Waals surface area contributed by atoms with Gasteiger partial charge >= 0.3 is 5.69 Å². The number of anilines is 2. The molecule has 9 heteroatoms. The topological polar surface area (TPSA) is 123 Å². The zero-order valence-corrected chi connectivity index (χ0v) is 19.2. The number of carbonyl (C=O) groups is 1. The van der Waals surface area contributed by atoms with Crippen molar-refractivity contribution < 1.29 is 9.53 Å².